The predicted octanol–water partition coefficient (Wildman–Crippen LogP) is 0.251. The predicted molar refractivity (Wildman–Crippen MR) is 60.8 cm³/mol. The summed E-state index contributed by atoms with van der Waals surface area (Å²) in [6.07, 6.45) is 0. The van der Waals surface area contributed by atoms with Crippen molar-refractivity contribution in [1.29, 1.82) is 0 Å². The van der Waals surface area contributed by atoms with Crippen LogP contribution in [-0.2, 0) is 9.59 Å². The average Bonchev–Trinajstić information content (AvgIpc) is 3.06. The van der Waals surface area contributed by atoms with E-state index in [-0.39, 0.29) is 23.9 Å². The highest BCUT2D eigenvalue weighted by molar-refractivity contribution is 6.18. The van der Waals surface area contributed by atoms with Gasteiger partial charge in [-0.3, -0.25) is 14.5 Å². The van der Waals surface area contributed by atoms with Crippen LogP contribution < -0.4 is 9.64 Å². The third kappa shape index (κ3) is 1.25. The molecule has 0 radical (unpaired) electrons. The molecule has 1 aromatic carbocycles. The molecule has 2 amide bonds. The van der Waals surface area contributed by atoms with E-state index in [1.165, 1.54) is 11.9 Å². The standard InChI is InChI=1S/C12H12N2O3/c1-13-11(15)9-10(12(13)16)14(9)7-3-5-8(17-2)6-4-7/h3-6,9-10H,1-2H3/t9-,10-/m1/s1. The van der Waals surface area contributed by atoms with Gasteiger partial charge < -0.3 is 9.64 Å². The van der Waals surface area contributed by atoms with E-state index in [4.69, 9.17) is 4.74 Å². The summed E-state index contributed by atoms with van der Waals surface area (Å²) < 4.78 is 5.06. The molecule has 2 saturated heterocycles. The van der Waals surface area contributed by atoms with Crippen molar-refractivity contribution in [2.75, 3.05) is 19.1 Å². The van der Waals surface area contributed by atoms with Crippen LogP contribution in [0.3, 0.4) is 0 Å². The lowest BCUT2D eigenvalue weighted by Crippen LogP contribution is -2.35. The zero-order valence-electron chi connectivity index (χ0n) is 9.58. The number of anilines is 1. The van der Waals surface area contributed by atoms with Gasteiger partial charge in [-0.05, 0) is 24.3 Å². The maximum Gasteiger partial charge on any atom is 0.254 e. The van der Waals surface area contributed by atoms with Crippen LogP contribution in [0.1, 0.15) is 0 Å². The first-order chi connectivity index (χ1) is 8.15. The SMILES string of the molecule is COc1ccc(N2[C@H]3C(=O)N(C)C(=O)[C@@H]32)cc1. The van der Waals surface area contributed by atoms with Crippen molar-refractivity contribution in [2.24, 2.45) is 0 Å². The maximum absolute atomic E-state index is 11.7. The number of likely N-dealkylation sites (tertiary alicyclic amines) is 1. The minimum absolute atomic E-state index is 0.115. The van der Waals surface area contributed by atoms with Crippen molar-refractivity contribution in [3.8, 4) is 5.75 Å². The van der Waals surface area contributed by atoms with Gasteiger partial charge in [0, 0.05) is 12.7 Å². The molecule has 2 fully saturated rings. The molecule has 0 N–H and O–H groups in total. The first-order valence-corrected chi connectivity index (χ1v) is 5.39. The summed E-state index contributed by atoms with van der Waals surface area (Å²) in [6, 6.07) is 6.78. The largest absolute Gasteiger partial charge is 0.497 e. The smallest absolute Gasteiger partial charge is 0.254 e. The van der Waals surface area contributed by atoms with Crippen LogP contribution in [0.4, 0.5) is 5.69 Å². The molecule has 1 aromatic rings. The summed E-state index contributed by atoms with van der Waals surface area (Å²) in [4.78, 5) is 26.4. The summed E-state index contributed by atoms with van der Waals surface area (Å²) in [5.74, 6) is 0.530. The number of piperazine rings is 1. The lowest BCUT2D eigenvalue weighted by atomic mass is 10.3. The second kappa shape index (κ2) is 3.23. The van der Waals surface area contributed by atoms with Gasteiger partial charge in [0.25, 0.3) is 11.8 Å². The van der Waals surface area contributed by atoms with Crippen LogP contribution in [0.15, 0.2) is 24.3 Å². The van der Waals surface area contributed by atoms with Crippen molar-refractivity contribution in [3.63, 3.8) is 0 Å². The normalized spacial score (nSPS) is 26.2. The van der Waals surface area contributed by atoms with Crippen molar-refractivity contribution in [1.82, 2.24) is 4.90 Å². The van der Waals surface area contributed by atoms with Crippen LogP contribution in [0.5, 0.6) is 5.75 Å². The molecule has 0 aliphatic carbocycles. The number of fused-ring (bicyclic) bond motifs is 1. The van der Waals surface area contributed by atoms with Gasteiger partial charge in [0.1, 0.15) is 17.8 Å². The maximum atomic E-state index is 11.7. The van der Waals surface area contributed by atoms with Gasteiger partial charge >= 0.3 is 0 Å². The molecule has 0 spiro atoms. The second-order valence-electron chi connectivity index (χ2n) is 4.23. The molecule has 3 rings (SSSR count). The lowest BCUT2D eigenvalue weighted by Gasteiger charge is -2.15. The molecule has 5 heteroatoms. The molecule has 17 heavy (non-hydrogen) atoms. The number of amides is 2. The Balaban J connectivity index is 1.85. The summed E-state index contributed by atoms with van der Waals surface area (Å²) in [7, 11) is 3.13. The number of nitrogens with zero attached hydrogens (tertiary/aromatic N) is 2. The fourth-order valence-corrected chi connectivity index (χ4v) is 2.32. The topological polar surface area (TPSA) is 49.6 Å². The van der Waals surface area contributed by atoms with Crippen LogP contribution >= 0.6 is 0 Å². The zero-order valence-corrected chi connectivity index (χ0v) is 9.58. The van der Waals surface area contributed by atoms with E-state index in [1.54, 1.807) is 7.11 Å². The van der Waals surface area contributed by atoms with E-state index in [9.17, 15) is 9.59 Å². The Labute approximate surface area is 98.6 Å². The molecule has 0 bridgehead atoms. The van der Waals surface area contributed by atoms with E-state index in [0.717, 1.165) is 11.4 Å². The summed E-state index contributed by atoms with van der Waals surface area (Å²) in [5.41, 5.74) is 0.885. The number of likely N-dealkylation sites (N-methyl/N-ethyl adjacent to an activating group) is 1. The number of imide groups is 1. The number of methoxy groups -OCH3 is 1. The number of hydrogen-bond acceptors (Lipinski definition) is 4. The molecule has 88 valence electrons. The minimum Gasteiger partial charge on any atom is -0.497 e. The van der Waals surface area contributed by atoms with Gasteiger partial charge in [-0.1, -0.05) is 0 Å². The van der Waals surface area contributed by atoms with Crippen LogP contribution in [-0.4, -0.2) is 43.0 Å². The molecular formula is C12H12N2O3. The highest BCUT2D eigenvalue weighted by Crippen LogP contribution is 2.41. The van der Waals surface area contributed by atoms with Gasteiger partial charge in [0.15, 0.2) is 0 Å². The Bertz CT molecular complexity index is 475. The Hall–Kier alpha value is -2.04. The monoisotopic (exact) mass is 232 g/mol. The van der Waals surface area contributed by atoms with E-state index < -0.39 is 0 Å². The fraction of sp³-hybridized carbons (Fsp3) is 0.333. The summed E-state index contributed by atoms with van der Waals surface area (Å²) >= 11 is 0. The van der Waals surface area contributed by atoms with Gasteiger partial charge in [-0.2, -0.15) is 0 Å². The molecule has 2 heterocycles. The number of carbonyl (C=O) groups excluding carboxylic acids is 2. The van der Waals surface area contributed by atoms with Gasteiger partial charge in [-0.15, -0.1) is 0 Å². The Morgan fingerprint density at radius 3 is 2.06 bits per heavy atom. The first-order valence-electron chi connectivity index (χ1n) is 5.39. The molecule has 0 unspecified atom stereocenters. The average molecular weight is 232 g/mol. The van der Waals surface area contributed by atoms with Gasteiger partial charge in [0.2, 0.25) is 0 Å². The number of rotatable bonds is 2. The van der Waals surface area contributed by atoms with Crippen LogP contribution in [0, 0.1) is 0 Å². The minimum atomic E-state index is -0.291. The van der Waals surface area contributed by atoms with Crippen molar-refractivity contribution in [2.45, 2.75) is 12.1 Å². The molecular weight excluding hydrogens is 220 g/mol. The third-order valence-electron chi connectivity index (χ3n) is 3.35. The van der Waals surface area contributed by atoms with E-state index >= 15 is 0 Å². The molecule has 0 aromatic heterocycles. The molecule has 2 aliphatic rings. The summed E-state index contributed by atoms with van der Waals surface area (Å²) in [6.45, 7) is 0. The van der Waals surface area contributed by atoms with Crippen molar-refractivity contribution in [3.05, 3.63) is 24.3 Å². The van der Waals surface area contributed by atoms with Crippen molar-refractivity contribution < 1.29 is 14.3 Å². The van der Waals surface area contributed by atoms with Gasteiger partial charge in [-0.25, -0.2) is 0 Å². The number of carbonyl (C=O) groups is 2. The Kier molecular flexibility index (Phi) is 1.92. The fourth-order valence-electron chi connectivity index (χ4n) is 2.32. The second-order valence-corrected chi connectivity index (χ2v) is 4.23. The van der Waals surface area contributed by atoms with Crippen LogP contribution in [0.25, 0.3) is 0 Å². The number of benzene rings is 1. The highest BCUT2D eigenvalue weighted by atomic mass is 16.5. The Morgan fingerprint density at radius 2 is 1.59 bits per heavy atom. The Morgan fingerprint density at radius 1 is 1.06 bits per heavy atom. The summed E-state index contributed by atoms with van der Waals surface area (Å²) in [5, 5.41) is 0. The third-order valence-corrected chi connectivity index (χ3v) is 3.35. The number of ether oxygens (including phenoxy) is 1. The molecule has 5 nitrogen and oxygen atoms in total. The van der Waals surface area contributed by atoms with E-state index in [1.807, 2.05) is 29.2 Å². The molecule has 2 aliphatic heterocycles. The quantitative estimate of drug-likeness (QED) is 0.542. The van der Waals surface area contributed by atoms with Crippen LogP contribution in [0.2, 0.25) is 0 Å². The van der Waals surface area contributed by atoms with Crippen molar-refractivity contribution >= 4 is 17.5 Å². The first kappa shape index (κ1) is 10.1. The van der Waals surface area contributed by atoms with Gasteiger partial charge in [0.05, 0.1) is 7.11 Å². The lowest BCUT2D eigenvalue weighted by molar-refractivity contribution is -0.138. The highest BCUT2D eigenvalue weighted by Gasteiger charge is 2.65. The van der Waals surface area contributed by atoms with E-state index in [0.29, 0.717) is 0 Å². The zero-order chi connectivity index (χ0) is 12.2. The molecule has 0 saturated carbocycles. The molecule has 2 atom stereocenters. The van der Waals surface area contributed by atoms with E-state index in [2.05, 4.69) is 0 Å². The number of hydrogen-bond donors (Lipinski definition) is 0.